The maximum Gasteiger partial charge on any atom is 0.242 e. The Morgan fingerprint density at radius 3 is 2.62 bits per heavy atom. The maximum absolute atomic E-state index is 12.6. The van der Waals surface area contributed by atoms with Crippen LogP contribution in [0.2, 0.25) is 0 Å². The van der Waals surface area contributed by atoms with Crippen molar-refractivity contribution in [2.45, 2.75) is 44.0 Å². The van der Waals surface area contributed by atoms with Gasteiger partial charge in [0.2, 0.25) is 10.0 Å². The zero-order valence-corrected chi connectivity index (χ0v) is 13.4. The van der Waals surface area contributed by atoms with Crippen LogP contribution in [-0.4, -0.2) is 25.7 Å². The number of aryl methyl sites for hydroxylation is 1. The molecule has 0 amide bonds. The highest BCUT2D eigenvalue weighted by Crippen LogP contribution is 2.40. The maximum atomic E-state index is 12.6. The van der Waals surface area contributed by atoms with Crippen LogP contribution in [-0.2, 0) is 10.0 Å². The van der Waals surface area contributed by atoms with Gasteiger partial charge in [-0.25, -0.2) is 13.1 Å². The first-order valence-corrected chi connectivity index (χ1v) is 8.49. The minimum Gasteiger partial charge on any atom is -0.384 e. The minimum atomic E-state index is -3.63. The number of aliphatic hydroxyl groups excluding tert-OH is 1. The van der Waals surface area contributed by atoms with E-state index >= 15 is 0 Å². The van der Waals surface area contributed by atoms with E-state index in [0.717, 1.165) is 18.4 Å². The summed E-state index contributed by atoms with van der Waals surface area (Å²) in [6, 6.07) is 5.05. The molecule has 114 valence electrons. The van der Waals surface area contributed by atoms with Crippen LogP contribution in [0.15, 0.2) is 23.1 Å². The third-order valence-corrected chi connectivity index (χ3v) is 5.45. The van der Waals surface area contributed by atoms with E-state index in [1.807, 2.05) is 20.8 Å². The van der Waals surface area contributed by atoms with Gasteiger partial charge in [0, 0.05) is 11.1 Å². The normalized spacial score (nSPS) is 15.4. The van der Waals surface area contributed by atoms with Crippen LogP contribution in [0.1, 0.15) is 37.8 Å². The number of rotatable bonds is 4. The zero-order chi connectivity index (χ0) is 15.7. The summed E-state index contributed by atoms with van der Waals surface area (Å²) >= 11 is 0. The fourth-order valence-corrected chi connectivity index (χ4v) is 4.02. The van der Waals surface area contributed by atoms with E-state index < -0.39 is 15.6 Å². The zero-order valence-electron chi connectivity index (χ0n) is 12.6. The van der Waals surface area contributed by atoms with Gasteiger partial charge < -0.3 is 5.11 Å². The molecule has 0 bridgehead atoms. The molecule has 1 aromatic rings. The highest BCUT2D eigenvalue weighted by molar-refractivity contribution is 7.89. The standard InChI is InChI=1S/C16H21NO3S/c1-12-6-9-15(13(11-12)5-4-10-18)21(19,20)17-16(2,3)14-7-8-14/h6,9,11,14,17-18H,7-8,10H2,1-3H3. The molecule has 0 heterocycles. The Morgan fingerprint density at radius 2 is 2.05 bits per heavy atom. The van der Waals surface area contributed by atoms with E-state index in [9.17, 15) is 8.42 Å². The molecule has 0 radical (unpaired) electrons. The number of nitrogens with one attached hydrogen (secondary N) is 1. The second kappa shape index (κ2) is 5.80. The second-order valence-electron chi connectivity index (χ2n) is 6.06. The molecule has 1 aromatic carbocycles. The van der Waals surface area contributed by atoms with Crippen molar-refractivity contribution in [1.82, 2.24) is 4.72 Å². The van der Waals surface area contributed by atoms with Gasteiger partial charge >= 0.3 is 0 Å². The van der Waals surface area contributed by atoms with Crippen molar-refractivity contribution in [3.63, 3.8) is 0 Å². The Labute approximate surface area is 126 Å². The van der Waals surface area contributed by atoms with Gasteiger partial charge in [-0.2, -0.15) is 0 Å². The number of benzene rings is 1. The highest BCUT2D eigenvalue weighted by atomic mass is 32.2. The summed E-state index contributed by atoms with van der Waals surface area (Å²) in [7, 11) is -3.63. The van der Waals surface area contributed by atoms with Gasteiger partial charge in [-0.1, -0.05) is 17.9 Å². The number of aliphatic hydroxyl groups is 1. The Bertz CT molecular complexity index is 692. The second-order valence-corrected chi connectivity index (χ2v) is 7.71. The summed E-state index contributed by atoms with van der Waals surface area (Å²) in [6.45, 7) is 5.40. The van der Waals surface area contributed by atoms with E-state index in [4.69, 9.17) is 5.11 Å². The molecular weight excluding hydrogens is 286 g/mol. The van der Waals surface area contributed by atoms with Gasteiger partial charge in [-0.3, -0.25) is 0 Å². The number of hydrogen-bond donors (Lipinski definition) is 2. The van der Waals surface area contributed by atoms with Gasteiger partial charge in [-0.05, 0) is 57.2 Å². The van der Waals surface area contributed by atoms with Gasteiger partial charge in [0.05, 0.1) is 4.90 Å². The first kappa shape index (κ1) is 16.0. The molecule has 5 heteroatoms. The molecule has 2 rings (SSSR count). The van der Waals surface area contributed by atoms with Crippen LogP contribution in [0.3, 0.4) is 0 Å². The Morgan fingerprint density at radius 1 is 1.38 bits per heavy atom. The summed E-state index contributed by atoms with van der Waals surface area (Å²) in [6.07, 6.45) is 2.11. The smallest absolute Gasteiger partial charge is 0.242 e. The van der Waals surface area contributed by atoms with Crippen molar-refractivity contribution >= 4 is 10.0 Å². The molecule has 0 aliphatic heterocycles. The van der Waals surface area contributed by atoms with Crippen LogP contribution in [0.4, 0.5) is 0 Å². The fourth-order valence-electron chi connectivity index (χ4n) is 2.40. The molecule has 1 saturated carbocycles. The summed E-state index contributed by atoms with van der Waals surface area (Å²) in [5.41, 5.74) is 0.895. The van der Waals surface area contributed by atoms with E-state index in [1.54, 1.807) is 18.2 Å². The van der Waals surface area contributed by atoms with Crippen molar-refractivity contribution in [2.75, 3.05) is 6.61 Å². The Balaban J connectivity index is 2.39. The SMILES string of the molecule is Cc1ccc(S(=O)(=O)NC(C)(C)C2CC2)c(C#CCO)c1. The lowest BCUT2D eigenvalue weighted by molar-refractivity contribution is 0.350. The van der Waals surface area contributed by atoms with Crippen molar-refractivity contribution in [3.8, 4) is 11.8 Å². The van der Waals surface area contributed by atoms with Crippen molar-refractivity contribution in [1.29, 1.82) is 0 Å². The summed E-state index contributed by atoms with van der Waals surface area (Å²) in [5, 5.41) is 8.82. The third-order valence-electron chi connectivity index (χ3n) is 3.72. The predicted molar refractivity (Wildman–Crippen MR) is 82.3 cm³/mol. The molecule has 1 aliphatic carbocycles. The molecule has 1 aliphatic rings. The molecule has 21 heavy (non-hydrogen) atoms. The average molecular weight is 307 g/mol. The Kier molecular flexibility index (Phi) is 4.43. The number of sulfonamides is 1. The number of hydrogen-bond acceptors (Lipinski definition) is 3. The summed E-state index contributed by atoms with van der Waals surface area (Å²) in [4.78, 5) is 0.169. The average Bonchev–Trinajstić information content (AvgIpc) is 3.19. The van der Waals surface area contributed by atoms with Gasteiger partial charge in [-0.15, -0.1) is 0 Å². The molecule has 1 fully saturated rings. The van der Waals surface area contributed by atoms with E-state index in [2.05, 4.69) is 16.6 Å². The first-order valence-electron chi connectivity index (χ1n) is 7.00. The molecule has 0 aromatic heterocycles. The third kappa shape index (κ3) is 3.85. The van der Waals surface area contributed by atoms with Crippen LogP contribution < -0.4 is 4.72 Å². The van der Waals surface area contributed by atoms with E-state index in [0.29, 0.717) is 11.5 Å². The molecule has 4 nitrogen and oxygen atoms in total. The van der Waals surface area contributed by atoms with E-state index in [-0.39, 0.29) is 11.5 Å². The lowest BCUT2D eigenvalue weighted by Crippen LogP contribution is -2.45. The summed E-state index contributed by atoms with van der Waals surface area (Å²) < 4.78 is 28.1. The highest BCUT2D eigenvalue weighted by Gasteiger charge is 2.40. The molecule has 0 atom stereocenters. The molecule has 2 N–H and O–H groups in total. The lowest BCUT2D eigenvalue weighted by atomic mass is 10.0. The van der Waals surface area contributed by atoms with Crippen LogP contribution >= 0.6 is 0 Å². The summed E-state index contributed by atoms with van der Waals surface area (Å²) in [5.74, 6) is 5.63. The fraction of sp³-hybridized carbons (Fsp3) is 0.500. The van der Waals surface area contributed by atoms with E-state index in [1.165, 1.54) is 0 Å². The van der Waals surface area contributed by atoms with Gasteiger partial charge in [0.25, 0.3) is 0 Å². The van der Waals surface area contributed by atoms with Gasteiger partial charge in [0.15, 0.2) is 0 Å². The topological polar surface area (TPSA) is 66.4 Å². The quantitative estimate of drug-likeness (QED) is 0.834. The van der Waals surface area contributed by atoms with Crippen molar-refractivity contribution < 1.29 is 13.5 Å². The lowest BCUT2D eigenvalue weighted by Gasteiger charge is -2.26. The van der Waals surface area contributed by atoms with Gasteiger partial charge in [0.1, 0.15) is 6.61 Å². The van der Waals surface area contributed by atoms with Crippen LogP contribution in [0, 0.1) is 24.7 Å². The molecule has 0 saturated heterocycles. The molecular formula is C16H21NO3S. The van der Waals surface area contributed by atoms with Crippen LogP contribution in [0.5, 0.6) is 0 Å². The molecule has 0 spiro atoms. The van der Waals surface area contributed by atoms with Crippen molar-refractivity contribution in [3.05, 3.63) is 29.3 Å². The largest absolute Gasteiger partial charge is 0.384 e. The predicted octanol–water partition coefficient (Wildman–Crippen LogP) is 1.81. The monoisotopic (exact) mass is 307 g/mol. The van der Waals surface area contributed by atoms with Crippen LogP contribution in [0.25, 0.3) is 0 Å². The molecule has 0 unspecified atom stereocenters. The minimum absolute atomic E-state index is 0.169. The van der Waals surface area contributed by atoms with Crippen molar-refractivity contribution in [2.24, 2.45) is 5.92 Å². The Hall–Kier alpha value is -1.35. The first-order chi connectivity index (χ1) is 9.76.